The van der Waals surface area contributed by atoms with E-state index < -0.39 is 0 Å². The van der Waals surface area contributed by atoms with E-state index in [4.69, 9.17) is 0 Å². The molecule has 2 heterocycles. The van der Waals surface area contributed by atoms with Crippen molar-refractivity contribution in [3.8, 4) is 0 Å². The Bertz CT molecular complexity index is 893. The molecule has 4 heteroatoms. The highest BCUT2D eigenvalue weighted by Crippen LogP contribution is 2.23. The molecule has 3 aromatic rings. The predicted molar refractivity (Wildman–Crippen MR) is 107 cm³/mol. The van der Waals surface area contributed by atoms with E-state index in [1.807, 2.05) is 35.5 Å². The number of benzene rings is 2. The van der Waals surface area contributed by atoms with Crippen LogP contribution in [0.2, 0.25) is 0 Å². The lowest BCUT2D eigenvalue weighted by molar-refractivity contribution is 0.0793. The van der Waals surface area contributed by atoms with Gasteiger partial charge < -0.3 is 9.47 Å². The van der Waals surface area contributed by atoms with E-state index in [0.29, 0.717) is 0 Å². The Morgan fingerprint density at radius 1 is 1.04 bits per heavy atom. The summed E-state index contributed by atoms with van der Waals surface area (Å²) in [7, 11) is 0. The zero-order chi connectivity index (χ0) is 18.6. The van der Waals surface area contributed by atoms with Gasteiger partial charge in [-0.3, -0.25) is 4.79 Å². The summed E-state index contributed by atoms with van der Waals surface area (Å²) in [6.45, 7) is 4.71. The molecule has 2 aromatic carbocycles. The first kappa shape index (κ1) is 17.5. The third-order valence-electron chi connectivity index (χ3n) is 5.38. The lowest BCUT2D eigenvalue weighted by atomic mass is 10.0. The van der Waals surface area contributed by atoms with Crippen molar-refractivity contribution in [3.05, 3.63) is 89.5 Å². The van der Waals surface area contributed by atoms with Crippen molar-refractivity contribution in [2.75, 3.05) is 13.1 Å². The third-order valence-corrected chi connectivity index (χ3v) is 5.38. The molecular formula is C23H25N3O. The van der Waals surface area contributed by atoms with E-state index in [1.165, 1.54) is 11.1 Å². The average Bonchev–Trinajstić information content (AvgIpc) is 3.40. The monoisotopic (exact) mass is 359 g/mol. The molecule has 0 bridgehead atoms. The number of carbonyl (C=O) groups excluding carboxylic acids is 1. The summed E-state index contributed by atoms with van der Waals surface area (Å²) < 4.78 is 2.19. The van der Waals surface area contributed by atoms with Crippen LogP contribution in [0.5, 0.6) is 0 Å². The first-order valence-electron chi connectivity index (χ1n) is 9.66. The van der Waals surface area contributed by atoms with E-state index >= 15 is 0 Å². The third kappa shape index (κ3) is 3.80. The minimum Gasteiger partial charge on any atom is -0.339 e. The van der Waals surface area contributed by atoms with Crippen molar-refractivity contribution < 1.29 is 4.79 Å². The molecule has 1 aliphatic heterocycles. The minimum absolute atomic E-state index is 0.153. The van der Waals surface area contributed by atoms with Gasteiger partial charge >= 0.3 is 0 Å². The highest BCUT2D eigenvalue weighted by atomic mass is 16.2. The van der Waals surface area contributed by atoms with Crippen LogP contribution in [-0.2, 0) is 6.54 Å². The molecule has 1 unspecified atom stereocenters. The van der Waals surface area contributed by atoms with Crippen LogP contribution in [0.1, 0.15) is 53.0 Å². The number of aromatic nitrogens is 2. The zero-order valence-electron chi connectivity index (χ0n) is 15.7. The van der Waals surface area contributed by atoms with Crippen molar-refractivity contribution >= 4 is 5.91 Å². The van der Waals surface area contributed by atoms with Crippen LogP contribution in [0.25, 0.3) is 0 Å². The molecule has 1 amide bonds. The van der Waals surface area contributed by atoms with Crippen molar-refractivity contribution in [1.82, 2.24) is 14.5 Å². The average molecular weight is 359 g/mol. The van der Waals surface area contributed by atoms with Crippen molar-refractivity contribution in [1.29, 1.82) is 0 Å². The summed E-state index contributed by atoms with van der Waals surface area (Å²) in [5, 5.41) is 0. The molecule has 0 spiro atoms. The fourth-order valence-corrected chi connectivity index (χ4v) is 3.78. The molecule has 1 aliphatic rings. The highest BCUT2D eigenvalue weighted by molar-refractivity contribution is 5.94. The summed E-state index contributed by atoms with van der Waals surface area (Å²) in [6, 6.07) is 18.5. The van der Waals surface area contributed by atoms with Gasteiger partial charge in [-0.05, 0) is 36.1 Å². The van der Waals surface area contributed by atoms with Gasteiger partial charge in [0.2, 0.25) is 0 Å². The standard InChI is InChI=1S/C23H25N3O/c1-18(20-7-3-2-4-8-20)22-24-13-16-26(22)17-19-9-11-21(12-10-19)23(27)25-14-5-6-15-25/h2-4,7-13,16,18H,5-6,14-15,17H2,1H3. The minimum atomic E-state index is 0.153. The van der Waals surface area contributed by atoms with Gasteiger partial charge in [-0.2, -0.15) is 0 Å². The number of hydrogen-bond donors (Lipinski definition) is 0. The highest BCUT2D eigenvalue weighted by Gasteiger charge is 2.19. The maximum atomic E-state index is 12.5. The smallest absolute Gasteiger partial charge is 0.253 e. The predicted octanol–water partition coefficient (Wildman–Crippen LogP) is 4.32. The van der Waals surface area contributed by atoms with Crippen LogP contribution < -0.4 is 0 Å². The second-order valence-corrected chi connectivity index (χ2v) is 7.24. The topological polar surface area (TPSA) is 38.1 Å². The zero-order valence-corrected chi connectivity index (χ0v) is 15.7. The lowest BCUT2D eigenvalue weighted by Crippen LogP contribution is -2.27. The molecule has 1 saturated heterocycles. The summed E-state index contributed by atoms with van der Waals surface area (Å²) in [4.78, 5) is 19.0. The van der Waals surface area contributed by atoms with Crippen molar-refractivity contribution in [2.24, 2.45) is 0 Å². The quantitative estimate of drug-likeness (QED) is 0.680. The Hall–Kier alpha value is -2.88. The van der Waals surface area contributed by atoms with Crippen molar-refractivity contribution in [3.63, 3.8) is 0 Å². The van der Waals surface area contributed by atoms with Gasteiger partial charge in [-0.25, -0.2) is 4.98 Å². The Balaban J connectivity index is 1.49. The summed E-state index contributed by atoms with van der Waals surface area (Å²) in [6.07, 6.45) is 6.12. The fourth-order valence-electron chi connectivity index (χ4n) is 3.78. The number of imidazole rings is 1. The SMILES string of the molecule is CC(c1ccccc1)c1nccn1Cc1ccc(C(=O)N2CCCC2)cc1. The molecular weight excluding hydrogens is 334 g/mol. The van der Waals surface area contributed by atoms with Crippen LogP contribution in [0.4, 0.5) is 0 Å². The van der Waals surface area contributed by atoms with Gasteiger partial charge in [0.05, 0.1) is 0 Å². The van der Waals surface area contributed by atoms with E-state index in [9.17, 15) is 4.79 Å². The maximum Gasteiger partial charge on any atom is 0.253 e. The molecule has 138 valence electrons. The molecule has 1 atom stereocenters. The maximum absolute atomic E-state index is 12.5. The number of hydrogen-bond acceptors (Lipinski definition) is 2. The molecule has 0 radical (unpaired) electrons. The van der Waals surface area contributed by atoms with Gasteiger partial charge in [0.15, 0.2) is 0 Å². The van der Waals surface area contributed by atoms with E-state index in [1.54, 1.807) is 0 Å². The van der Waals surface area contributed by atoms with Crippen LogP contribution in [0.15, 0.2) is 67.0 Å². The van der Waals surface area contributed by atoms with E-state index in [-0.39, 0.29) is 11.8 Å². The van der Waals surface area contributed by atoms with E-state index in [2.05, 4.69) is 52.9 Å². The van der Waals surface area contributed by atoms with Gasteiger partial charge in [-0.1, -0.05) is 49.4 Å². The molecule has 4 nitrogen and oxygen atoms in total. The number of rotatable bonds is 5. The first-order valence-corrected chi connectivity index (χ1v) is 9.66. The Kier molecular flexibility index (Phi) is 5.05. The molecule has 1 fully saturated rings. The van der Waals surface area contributed by atoms with Crippen LogP contribution >= 0.6 is 0 Å². The number of carbonyl (C=O) groups is 1. The Morgan fingerprint density at radius 2 is 1.74 bits per heavy atom. The Morgan fingerprint density at radius 3 is 2.44 bits per heavy atom. The normalized spacial score (nSPS) is 15.1. The molecule has 0 saturated carbocycles. The summed E-state index contributed by atoms with van der Waals surface area (Å²) in [5.74, 6) is 1.44. The van der Waals surface area contributed by atoms with Crippen molar-refractivity contribution in [2.45, 2.75) is 32.2 Å². The second kappa shape index (κ2) is 7.78. The number of likely N-dealkylation sites (tertiary alicyclic amines) is 1. The second-order valence-electron chi connectivity index (χ2n) is 7.24. The van der Waals surface area contributed by atoms with Gasteiger partial charge in [0, 0.05) is 43.5 Å². The molecule has 4 rings (SSSR count). The van der Waals surface area contributed by atoms with Gasteiger partial charge in [-0.15, -0.1) is 0 Å². The van der Waals surface area contributed by atoms with E-state index in [0.717, 1.165) is 43.9 Å². The van der Waals surface area contributed by atoms with Crippen LogP contribution in [0.3, 0.4) is 0 Å². The fraction of sp³-hybridized carbons (Fsp3) is 0.304. The van der Waals surface area contributed by atoms with Crippen LogP contribution in [0, 0.1) is 0 Å². The Labute approximate surface area is 160 Å². The molecule has 1 aromatic heterocycles. The number of nitrogens with zero attached hydrogens (tertiary/aromatic N) is 3. The molecule has 0 N–H and O–H groups in total. The molecule has 27 heavy (non-hydrogen) atoms. The van der Waals surface area contributed by atoms with Gasteiger partial charge in [0.25, 0.3) is 5.91 Å². The molecule has 0 aliphatic carbocycles. The van der Waals surface area contributed by atoms with Crippen LogP contribution in [-0.4, -0.2) is 33.4 Å². The largest absolute Gasteiger partial charge is 0.339 e. The summed E-state index contributed by atoms with van der Waals surface area (Å²) >= 11 is 0. The van der Waals surface area contributed by atoms with Gasteiger partial charge in [0.1, 0.15) is 5.82 Å². The first-order chi connectivity index (χ1) is 13.2. The lowest BCUT2D eigenvalue weighted by Gasteiger charge is -2.16. The number of amides is 1. The summed E-state index contributed by atoms with van der Waals surface area (Å²) in [5.41, 5.74) is 3.22.